The minimum atomic E-state index is 0.0758. The highest BCUT2D eigenvalue weighted by molar-refractivity contribution is 5.79. The van der Waals surface area contributed by atoms with Gasteiger partial charge in [-0.3, -0.25) is 4.79 Å². The molecule has 20 heavy (non-hydrogen) atoms. The molecule has 3 unspecified atom stereocenters. The van der Waals surface area contributed by atoms with Crippen LogP contribution in [0.3, 0.4) is 0 Å². The Bertz CT molecular complexity index is 456. The summed E-state index contributed by atoms with van der Waals surface area (Å²) < 4.78 is 5.83. The third kappa shape index (κ3) is 2.96. The van der Waals surface area contributed by atoms with Gasteiger partial charge in [-0.1, -0.05) is 18.2 Å². The summed E-state index contributed by atoms with van der Waals surface area (Å²) in [6.07, 6.45) is 3.01. The van der Waals surface area contributed by atoms with Gasteiger partial charge in [0.25, 0.3) is 0 Å². The molecule has 1 aromatic carbocycles. The van der Waals surface area contributed by atoms with Gasteiger partial charge >= 0.3 is 0 Å². The molecule has 0 spiro atoms. The quantitative estimate of drug-likeness (QED) is 0.878. The Labute approximate surface area is 119 Å². The minimum Gasteiger partial charge on any atom is -0.488 e. The third-order valence-corrected chi connectivity index (χ3v) is 4.25. The minimum absolute atomic E-state index is 0.0758. The molecule has 2 aliphatic heterocycles. The zero-order valence-electron chi connectivity index (χ0n) is 11.9. The molecule has 4 nitrogen and oxygen atoms in total. The van der Waals surface area contributed by atoms with Gasteiger partial charge in [0.15, 0.2) is 0 Å². The lowest BCUT2D eigenvalue weighted by Gasteiger charge is -2.27. The zero-order chi connectivity index (χ0) is 13.9. The van der Waals surface area contributed by atoms with Crippen molar-refractivity contribution in [2.24, 2.45) is 5.92 Å². The van der Waals surface area contributed by atoms with E-state index in [1.165, 1.54) is 5.56 Å². The summed E-state index contributed by atoms with van der Waals surface area (Å²) in [6.45, 7) is 3.55. The van der Waals surface area contributed by atoms with Gasteiger partial charge in [0.1, 0.15) is 11.9 Å². The number of carbonyl (C=O) groups excluding carboxylic acids is 1. The van der Waals surface area contributed by atoms with E-state index in [0.717, 1.165) is 31.6 Å². The summed E-state index contributed by atoms with van der Waals surface area (Å²) in [6, 6.07) is 8.62. The first-order valence-corrected chi connectivity index (χ1v) is 7.48. The highest BCUT2D eigenvalue weighted by Crippen LogP contribution is 2.27. The van der Waals surface area contributed by atoms with Gasteiger partial charge in [0, 0.05) is 19.0 Å². The fourth-order valence-corrected chi connectivity index (χ4v) is 2.95. The van der Waals surface area contributed by atoms with E-state index in [0.29, 0.717) is 12.6 Å². The summed E-state index contributed by atoms with van der Waals surface area (Å²) in [5.74, 6) is 1.22. The number of ether oxygens (including phenoxy) is 1. The molecular weight excluding hydrogens is 252 g/mol. The molecule has 0 aromatic heterocycles. The topological polar surface area (TPSA) is 50.4 Å². The molecule has 108 valence electrons. The summed E-state index contributed by atoms with van der Waals surface area (Å²) in [5, 5.41) is 6.40. The number of fused-ring (bicyclic) bond motifs is 1. The molecule has 4 heteroatoms. The summed E-state index contributed by atoms with van der Waals surface area (Å²) in [7, 11) is 0. The SMILES string of the molecule is CC1CCC(C(=O)NCC2Cc3ccccc3O2)CN1. The molecule has 2 heterocycles. The average Bonchev–Trinajstić information content (AvgIpc) is 2.88. The number of carbonyl (C=O) groups is 1. The van der Waals surface area contributed by atoms with E-state index in [1.807, 2.05) is 18.2 Å². The number of rotatable bonds is 3. The molecule has 0 radical (unpaired) electrons. The van der Waals surface area contributed by atoms with E-state index in [4.69, 9.17) is 4.74 Å². The monoisotopic (exact) mass is 274 g/mol. The van der Waals surface area contributed by atoms with Gasteiger partial charge in [-0.25, -0.2) is 0 Å². The van der Waals surface area contributed by atoms with Crippen LogP contribution in [0.4, 0.5) is 0 Å². The number of hydrogen-bond acceptors (Lipinski definition) is 3. The van der Waals surface area contributed by atoms with Crippen molar-refractivity contribution >= 4 is 5.91 Å². The number of nitrogens with one attached hydrogen (secondary N) is 2. The molecule has 1 fully saturated rings. The van der Waals surface area contributed by atoms with Crippen LogP contribution < -0.4 is 15.4 Å². The predicted octanol–water partition coefficient (Wildman–Crippen LogP) is 1.49. The lowest BCUT2D eigenvalue weighted by molar-refractivity contribution is -0.126. The smallest absolute Gasteiger partial charge is 0.224 e. The first-order valence-electron chi connectivity index (χ1n) is 7.48. The average molecular weight is 274 g/mol. The number of benzene rings is 1. The summed E-state index contributed by atoms with van der Waals surface area (Å²) in [5.41, 5.74) is 1.24. The molecule has 3 rings (SSSR count). The second-order valence-corrected chi connectivity index (χ2v) is 5.88. The van der Waals surface area contributed by atoms with E-state index < -0.39 is 0 Å². The Morgan fingerprint density at radius 3 is 3.00 bits per heavy atom. The van der Waals surface area contributed by atoms with Crippen LogP contribution in [-0.2, 0) is 11.2 Å². The van der Waals surface area contributed by atoms with Gasteiger partial charge in [-0.2, -0.15) is 0 Å². The van der Waals surface area contributed by atoms with Gasteiger partial charge in [0.05, 0.1) is 12.5 Å². The second-order valence-electron chi connectivity index (χ2n) is 5.88. The fraction of sp³-hybridized carbons (Fsp3) is 0.562. The molecule has 2 N–H and O–H groups in total. The lowest BCUT2D eigenvalue weighted by atomic mass is 9.95. The molecule has 2 aliphatic rings. The molecule has 0 bridgehead atoms. The maximum absolute atomic E-state index is 12.1. The van der Waals surface area contributed by atoms with Crippen molar-refractivity contribution < 1.29 is 9.53 Å². The largest absolute Gasteiger partial charge is 0.488 e. The van der Waals surface area contributed by atoms with Gasteiger partial charge in [0.2, 0.25) is 5.91 Å². The first-order chi connectivity index (χ1) is 9.72. The maximum atomic E-state index is 12.1. The Balaban J connectivity index is 1.45. The zero-order valence-corrected chi connectivity index (χ0v) is 11.9. The van der Waals surface area contributed by atoms with E-state index in [1.54, 1.807) is 0 Å². The maximum Gasteiger partial charge on any atom is 0.224 e. The standard InChI is InChI=1S/C16H22N2O2/c1-11-6-7-13(9-17-11)16(19)18-10-14-8-12-4-2-3-5-15(12)20-14/h2-5,11,13-14,17H,6-10H2,1H3,(H,18,19). The Morgan fingerprint density at radius 2 is 2.25 bits per heavy atom. The molecule has 1 amide bonds. The van der Waals surface area contributed by atoms with E-state index in [9.17, 15) is 4.79 Å². The normalized spacial score (nSPS) is 28.6. The van der Waals surface area contributed by atoms with Crippen molar-refractivity contribution in [1.82, 2.24) is 10.6 Å². The van der Waals surface area contributed by atoms with Crippen molar-refractivity contribution in [3.63, 3.8) is 0 Å². The van der Waals surface area contributed by atoms with Crippen molar-refractivity contribution in [3.8, 4) is 5.75 Å². The van der Waals surface area contributed by atoms with Crippen LogP contribution in [0, 0.1) is 5.92 Å². The number of hydrogen-bond donors (Lipinski definition) is 2. The predicted molar refractivity (Wildman–Crippen MR) is 77.8 cm³/mol. The number of piperidine rings is 1. The highest BCUT2D eigenvalue weighted by Gasteiger charge is 2.26. The van der Waals surface area contributed by atoms with Crippen LogP contribution in [0.1, 0.15) is 25.3 Å². The van der Waals surface area contributed by atoms with Crippen molar-refractivity contribution in [1.29, 1.82) is 0 Å². The van der Waals surface area contributed by atoms with E-state index >= 15 is 0 Å². The molecule has 0 aliphatic carbocycles. The second kappa shape index (κ2) is 5.83. The van der Waals surface area contributed by atoms with E-state index in [-0.39, 0.29) is 17.9 Å². The molecule has 1 aromatic rings. The Hall–Kier alpha value is -1.55. The third-order valence-electron chi connectivity index (χ3n) is 4.25. The highest BCUT2D eigenvalue weighted by atomic mass is 16.5. The van der Waals surface area contributed by atoms with E-state index in [2.05, 4.69) is 23.6 Å². The lowest BCUT2D eigenvalue weighted by Crippen LogP contribution is -2.45. The van der Waals surface area contributed by atoms with Crippen LogP contribution in [0.25, 0.3) is 0 Å². The van der Waals surface area contributed by atoms with Crippen LogP contribution >= 0.6 is 0 Å². The summed E-state index contributed by atoms with van der Waals surface area (Å²) in [4.78, 5) is 12.1. The Kier molecular flexibility index (Phi) is 3.92. The van der Waals surface area contributed by atoms with Crippen molar-refractivity contribution in [3.05, 3.63) is 29.8 Å². The molecular formula is C16H22N2O2. The number of para-hydroxylation sites is 1. The van der Waals surface area contributed by atoms with Crippen LogP contribution in [0.2, 0.25) is 0 Å². The van der Waals surface area contributed by atoms with Crippen LogP contribution in [0.5, 0.6) is 5.75 Å². The van der Waals surface area contributed by atoms with Crippen molar-refractivity contribution in [2.45, 2.75) is 38.3 Å². The van der Waals surface area contributed by atoms with Crippen LogP contribution in [-0.4, -0.2) is 31.1 Å². The summed E-state index contributed by atoms with van der Waals surface area (Å²) >= 11 is 0. The Morgan fingerprint density at radius 1 is 1.40 bits per heavy atom. The van der Waals surface area contributed by atoms with Gasteiger partial charge < -0.3 is 15.4 Å². The first kappa shape index (κ1) is 13.4. The number of amides is 1. The molecule has 0 saturated carbocycles. The van der Waals surface area contributed by atoms with Crippen LogP contribution in [0.15, 0.2) is 24.3 Å². The molecule has 1 saturated heterocycles. The van der Waals surface area contributed by atoms with Crippen molar-refractivity contribution in [2.75, 3.05) is 13.1 Å². The fourth-order valence-electron chi connectivity index (χ4n) is 2.95. The molecule has 3 atom stereocenters. The van der Waals surface area contributed by atoms with Gasteiger partial charge in [-0.05, 0) is 31.4 Å². The van der Waals surface area contributed by atoms with Gasteiger partial charge in [-0.15, -0.1) is 0 Å².